The molecule has 7 nitrogen and oxygen atoms in total. The molecule has 1 aliphatic carbocycles. The maximum absolute atomic E-state index is 10.4. The topological polar surface area (TPSA) is 97.9 Å². The highest BCUT2D eigenvalue weighted by atomic mass is 16.8. The molecule has 72 valence electrons. The molecule has 1 heterocycles. The summed E-state index contributed by atoms with van der Waals surface area (Å²) in [5, 5.41) is 27.9. The molecule has 0 aromatic heterocycles. The van der Waals surface area contributed by atoms with Crippen LogP contribution in [0.4, 0.5) is 0 Å². The molecule has 0 unspecified atom stereocenters. The van der Waals surface area contributed by atoms with Crippen molar-refractivity contribution in [3.8, 4) is 0 Å². The van der Waals surface area contributed by atoms with Gasteiger partial charge in [0.05, 0.1) is 0 Å². The fraction of sp³-hybridized carbons (Fsp3) is 0. The van der Waals surface area contributed by atoms with Crippen LogP contribution in [-0.4, -0.2) is 10.6 Å². The second-order valence-electron chi connectivity index (χ2n) is 2.59. The highest BCUT2D eigenvalue weighted by Crippen LogP contribution is 2.13. The molecule has 2 rings (SSSR count). The quantitative estimate of drug-likeness (QED) is 0.424. The van der Waals surface area contributed by atoms with Crippen molar-refractivity contribution in [3.05, 3.63) is 46.1 Å². The van der Waals surface area contributed by atoms with Crippen LogP contribution in [0.5, 0.6) is 0 Å². The lowest BCUT2D eigenvalue weighted by atomic mass is 10.1. The van der Waals surface area contributed by atoms with Crippen LogP contribution < -0.4 is 11.0 Å². The van der Waals surface area contributed by atoms with Gasteiger partial charge in [0, 0.05) is 17.7 Å². The zero-order valence-electron chi connectivity index (χ0n) is 6.97. The van der Waals surface area contributed by atoms with E-state index in [0.717, 1.165) is 5.57 Å². The first kappa shape index (κ1) is 8.30. The number of rotatable bonds is 0. The molecule has 0 aromatic rings. The van der Waals surface area contributed by atoms with E-state index >= 15 is 0 Å². The smallest absolute Gasteiger partial charge is 0.222 e. The summed E-state index contributed by atoms with van der Waals surface area (Å²) < 4.78 is 0. The molecular weight excluding hydrogens is 186 g/mol. The zero-order chi connectivity index (χ0) is 9.97. The summed E-state index contributed by atoms with van der Waals surface area (Å²) in [5.41, 5.74) is 5.92. The zero-order valence-corrected chi connectivity index (χ0v) is 6.97. The molecule has 0 radical (unpaired) electrons. The largest absolute Gasteiger partial charge is 0.612 e. The number of hydrazine groups is 1. The van der Waals surface area contributed by atoms with E-state index in [-0.39, 0.29) is 5.71 Å². The van der Waals surface area contributed by atoms with E-state index in [2.05, 4.69) is 21.3 Å². The van der Waals surface area contributed by atoms with Gasteiger partial charge in [0.15, 0.2) is 5.82 Å². The van der Waals surface area contributed by atoms with Crippen molar-refractivity contribution in [1.82, 2.24) is 11.0 Å². The van der Waals surface area contributed by atoms with Gasteiger partial charge in [-0.15, -0.1) is 5.11 Å². The average Bonchev–Trinajstić information content (AvgIpc) is 2.71. The Hall–Kier alpha value is -2.31. The van der Waals surface area contributed by atoms with Gasteiger partial charge in [-0.05, 0) is 12.2 Å². The predicted molar refractivity (Wildman–Crippen MR) is 48.4 cm³/mol. The van der Waals surface area contributed by atoms with E-state index in [1.165, 1.54) is 12.2 Å². The lowest BCUT2D eigenvalue weighted by Crippen LogP contribution is -2.19. The number of allylic oxidation sites excluding steroid dienone is 5. The fourth-order valence-corrected chi connectivity index (χ4v) is 1.05. The maximum Gasteiger partial charge on any atom is 0.222 e. The molecule has 0 atom stereocenters. The SMILES string of the molecule is [O-][N+]([O-])=C1C=CC(=C2N=NNN2)C=C1. The van der Waals surface area contributed by atoms with E-state index in [0.29, 0.717) is 5.82 Å². The van der Waals surface area contributed by atoms with Crippen LogP contribution in [0.2, 0.25) is 0 Å². The first-order chi connectivity index (χ1) is 6.77. The van der Waals surface area contributed by atoms with Crippen LogP contribution in [0, 0.1) is 10.4 Å². The van der Waals surface area contributed by atoms with Gasteiger partial charge < -0.3 is 10.4 Å². The molecule has 0 saturated carbocycles. The first-order valence-corrected chi connectivity index (χ1v) is 3.81. The van der Waals surface area contributed by atoms with E-state index in [9.17, 15) is 10.4 Å². The molecule has 2 N–H and O–H groups in total. The average molecular weight is 192 g/mol. The molecule has 7 heteroatoms. The number of nitrogens with zero attached hydrogens (tertiary/aromatic N) is 3. The van der Waals surface area contributed by atoms with Gasteiger partial charge in [0.1, 0.15) is 0 Å². The number of hydrogen-bond donors (Lipinski definition) is 2. The van der Waals surface area contributed by atoms with Gasteiger partial charge in [-0.25, -0.2) is 5.53 Å². The minimum Gasteiger partial charge on any atom is -0.612 e. The van der Waals surface area contributed by atoms with Crippen LogP contribution in [0.15, 0.2) is 46.0 Å². The van der Waals surface area contributed by atoms with Crippen LogP contribution in [0.3, 0.4) is 0 Å². The van der Waals surface area contributed by atoms with Crippen LogP contribution in [-0.2, 0) is 0 Å². The van der Waals surface area contributed by atoms with E-state index in [1.807, 2.05) is 0 Å². The van der Waals surface area contributed by atoms with Gasteiger partial charge in [-0.3, -0.25) is 5.43 Å². The third kappa shape index (κ3) is 1.42. The predicted octanol–water partition coefficient (Wildman–Crippen LogP) is 0.248. The molecule has 0 saturated heterocycles. The highest BCUT2D eigenvalue weighted by molar-refractivity contribution is 6.02. The van der Waals surface area contributed by atoms with Crippen molar-refractivity contribution in [2.24, 2.45) is 10.3 Å². The van der Waals surface area contributed by atoms with Crippen LogP contribution in [0.1, 0.15) is 0 Å². The molecule has 0 amide bonds. The van der Waals surface area contributed by atoms with Crippen molar-refractivity contribution < 1.29 is 4.90 Å². The summed E-state index contributed by atoms with van der Waals surface area (Å²) in [7, 11) is 0. The van der Waals surface area contributed by atoms with Crippen molar-refractivity contribution in [2.75, 3.05) is 0 Å². The molecule has 0 fully saturated rings. The van der Waals surface area contributed by atoms with Crippen LogP contribution in [0.25, 0.3) is 0 Å². The first-order valence-electron chi connectivity index (χ1n) is 3.81. The second-order valence-corrected chi connectivity index (χ2v) is 2.59. The Morgan fingerprint density at radius 1 is 1.14 bits per heavy atom. The maximum atomic E-state index is 10.4. The lowest BCUT2D eigenvalue weighted by Gasteiger charge is -2.08. The Bertz CT molecular complexity index is 382. The van der Waals surface area contributed by atoms with Gasteiger partial charge in [0.25, 0.3) is 0 Å². The molecule has 14 heavy (non-hydrogen) atoms. The summed E-state index contributed by atoms with van der Waals surface area (Å²) in [4.78, 5) is -0.448. The Balaban J connectivity index is 2.28. The summed E-state index contributed by atoms with van der Waals surface area (Å²) in [6.07, 6.45) is 6.04. The summed E-state index contributed by atoms with van der Waals surface area (Å²) in [6, 6.07) is 0. The number of hydrogen-bond acceptors (Lipinski definition) is 6. The Morgan fingerprint density at radius 2 is 1.86 bits per heavy atom. The second kappa shape index (κ2) is 3.21. The Morgan fingerprint density at radius 3 is 2.36 bits per heavy atom. The Kier molecular flexibility index (Phi) is 1.90. The molecule has 2 aliphatic rings. The molecule has 0 bridgehead atoms. The van der Waals surface area contributed by atoms with Crippen molar-refractivity contribution in [3.63, 3.8) is 0 Å². The number of nitrogens with one attached hydrogen (secondary N) is 2. The van der Waals surface area contributed by atoms with Crippen molar-refractivity contribution in [2.45, 2.75) is 0 Å². The van der Waals surface area contributed by atoms with Gasteiger partial charge in [-0.2, -0.15) is 4.90 Å². The fourth-order valence-electron chi connectivity index (χ4n) is 1.05. The van der Waals surface area contributed by atoms with Crippen molar-refractivity contribution >= 4 is 5.71 Å². The van der Waals surface area contributed by atoms with Crippen molar-refractivity contribution in [1.29, 1.82) is 0 Å². The summed E-state index contributed by atoms with van der Waals surface area (Å²) in [6.45, 7) is 0. The summed E-state index contributed by atoms with van der Waals surface area (Å²) >= 11 is 0. The molecule has 1 aliphatic heterocycles. The normalized spacial score (nSPS) is 18.4. The van der Waals surface area contributed by atoms with Gasteiger partial charge in [-0.1, -0.05) is 5.22 Å². The third-order valence-electron chi connectivity index (χ3n) is 1.73. The minimum absolute atomic E-state index is 0.0530. The van der Waals surface area contributed by atoms with E-state index in [4.69, 9.17) is 0 Å². The standard InChI is InChI=1S/C7H6N5O2/c13-12(14)6-3-1-5(2-4-6)7-8-10-11-9-7/h1-4H,(H2-,8,9,10,11,13,14)/q-1. The molecule has 0 spiro atoms. The Labute approximate surface area is 78.9 Å². The molecule has 0 aromatic carbocycles. The van der Waals surface area contributed by atoms with Crippen LogP contribution >= 0.6 is 0 Å². The monoisotopic (exact) mass is 192 g/mol. The minimum atomic E-state index is -0.448. The van der Waals surface area contributed by atoms with Gasteiger partial charge >= 0.3 is 0 Å². The van der Waals surface area contributed by atoms with E-state index in [1.54, 1.807) is 12.2 Å². The molecular formula is C7H6N5O2-. The summed E-state index contributed by atoms with van der Waals surface area (Å²) in [5.74, 6) is 0.542. The van der Waals surface area contributed by atoms with Gasteiger partial charge in [0.2, 0.25) is 5.71 Å². The highest BCUT2D eigenvalue weighted by Gasteiger charge is 2.09. The third-order valence-corrected chi connectivity index (χ3v) is 1.73. The lowest BCUT2D eigenvalue weighted by molar-refractivity contribution is -0.377. The van der Waals surface area contributed by atoms with E-state index < -0.39 is 4.90 Å².